The summed E-state index contributed by atoms with van der Waals surface area (Å²) >= 11 is 0. The predicted molar refractivity (Wildman–Crippen MR) is 279 cm³/mol. The minimum absolute atomic E-state index is 0.00601. The van der Waals surface area contributed by atoms with E-state index in [1.807, 2.05) is 60.7 Å². The van der Waals surface area contributed by atoms with Crippen LogP contribution in [0, 0.1) is 0 Å². The topological polar surface area (TPSA) is 56.7 Å². The lowest BCUT2D eigenvalue weighted by molar-refractivity contribution is 0.670. The van der Waals surface area contributed by atoms with Crippen molar-refractivity contribution in [3.8, 4) is 84.4 Å². The molecule has 0 bridgehead atoms. The third-order valence-corrected chi connectivity index (χ3v) is 12.0. The summed E-state index contributed by atoms with van der Waals surface area (Å²) in [7, 11) is 0. The van der Waals surface area contributed by atoms with Crippen molar-refractivity contribution in [1.82, 2.24) is 19.5 Å². The molecular weight excluding hydrogens is 829 g/mol. The largest absolute Gasteiger partial charge is 0.455 e. The highest BCUT2D eigenvalue weighted by Gasteiger charge is 2.20. The van der Waals surface area contributed by atoms with Gasteiger partial charge in [0.2, 0.25) is 0 Å². The number of benzene rings is 10. The number of furan rings is 1. The van der Waals surface area contributed by atoms with Gasteiger partial charge in [-0.1, -0.05) is 182 Å². The lowest BCUT2D eigenvalue weighted by atomic mass is 9.93. The lowest BCUT2D eigenvalue weighted by Gasteiger charge is -2.15. The molecule has 0 aliphatic rings. The zero-order chi connectivity index (χ0) is 57.2. The number of hydrogen-bond acceptors (Lipinski definition) is 4. The third-order valence-electron chi connectivity index (χ3n) is 12.0. The standard InChI is InChI=1S/C63H40N4O/c1-3-18-41(19-4-1)47-38-48(42-20-5-2-6-21-42)40-49(39-47)43-22-15-24-45(36-43)61-64-62(46-25-16-23-44(37-46)50-30-17-31-54-53-28-10-14-35-59(53)68-60(50)54)66-63(65-61)55-29-9-13-34-58(55)67-56-32-11-7-26-51(56)52-27-8-12-33-57(52)67/h1-40H/i7D,8D,10D,11D,14D,17D,26D,27D,28D,30D,31D,32D,33D,35D. The highest BCUT2D eigenvalue weighted by atomic mass is 16.3. The smallest absolute Gasteiger partial charge is 0.166 e. The first kappa shape index (κ1) is 27.3. The molecule has 0 spiro atoms. The molecule has 5 heteroatoms. The maximum Gasteiger partial charge on any atom is 0.166 e. The molecule has 5 nitrogen and oxygen atoms in total. The summed E-state index contributed by atoms with van der Waals surface area (Å²) in [6.45, 7) is 0. The molecule has 0 atom stereocenters. The molecule has 0 fully saturated rings. The average Bonchev–Trinajstić information content (AvgIpc) is 2.30. The SMILES string of the molecule is [2H]c1cc([2H])c2c(c1[2H])c1c([2H])c([2H])c([2H])c([2H])c1n2-c1ccccc1-c1nc(-c2cccc(-c3cc(-c4ccccc4)cc(-c4ccccc4)c3)c2)nc(-c2cccc(-c3c([2H])c([2H])c([2H])c4c3oc3c([2H])c([2H])c([2H])c([2H])c34)c2)n1. The Kier molecular flexibility index (Phi) is 6.57. The van der Waals surface area contributed by atoms with E-state index in [1.54, 1.807) is 48.5 Å². The summed E-state index contributed by atoms with van der Waals surface area (Å²) in [5, 5.41) is -0.146. The molecule has 0 N–H and O–H groups in total. The van der Waals surface area contributed by atoms with Crippen molar-refractivity contribution in [3.05, 3.63) is 242 Å². The van der Waals surface area contributed by atoms with Crippen LogP contribution in [0.5, 0.6) is 0 Å². The number of para-hydroxylation sites is 5. The van der Waals surface area contributed by atoms with E-state index in [9.17, 15) is 4.11 Å². The van der Waals surface area contributed by atoms with Crippen LogP contribution < -0.4 is 0 Å². The summed E-state index contributed by atoms with van der Waals surface area (Å²) in [5.41, 5.74) is 7.50. The van der Waals surface area contributed by atoms with Crippen molar-refractivity contribution in [1.29, 1.82) is 0 Å². The molecule has 3 aromatic heterocycles. The lowest BCUT2D eigenvalue weighted by Crippen LogP contribution is -2.03. The van der Waals surface area contributed by atoms with Crippen molar-refractivity contribution in [2.45, 2.75) is 0 Å². The van der Waals surface area contributed by atoms with Gasteiger partial charge >= 0.3 is 0 Å². The average molecular weight is 883 g/mol. The maximum atomic E-state index is 9.28. The van der Waals surface area contributed by atoms with Gasteiger partial charge in [-0.15, -0.1) is 0 Å². The predicted octanol–water partition coefficient (Wildman–Crippen LogP) is 16.5. The molecule has 0 saturated carbocycles. The fourth-order valence-corrected chi connectivity index (χ4v) is 8.89. The van der Waals surface area contributed by atoms with Crippen molar-refractivity contribution >= 4 is 43.7 Å². The van der Waals surface area contributed by atoms with Gasteiger partial charge in [-0.2, -0.15) is 0 Å². The first-order chi connectivity index (χ1) is 39.5. The second kappa shape index (κ2) is 16.4. The van der Waals surface area contributed by atoms with Gasteiger partial charge in [0, 0.05) is 43.8 Å². The molecule has 68 heavy (non-hydrogen) atoms. The van der Waals surface area contributed by atoms with E-state index in [-0.39, 0.29) is 96.6 Å². The summed E-state index contributed by atoms with van der Waals surface area (Å²) in [5.74, 6) is 0.413. The van der Waals surface area contributed by atoms with Crippen LogP contribution in [0.1, 0.15) is 19.2 Å². The molecule has 13 aromatic rings. The maximum absolute atomic E-state index is 9.28. The molecule has 13 rings (SSSR count). The fraction of sp³-hybridized carbons (Fsp3) is 0. The van der Waals surface area contributed by atoms with Gasteiger partial charge in [0.15, 0.2) is 17.5 Å². The first-order valence-corrected chi connectivity index (χ1v) is 21.8. The Morgan fingerprint density at radius 2 is 0.853 bits per heavy atom. The highest BCUT2D eigenvalue weighted by molar-refractivity contribution is 6.10. The Hall–Kier alpha value is -9.19. The van der Waals surface area contributed by atoms with E-state index < -0.39 is 60.4 Å². The summed E-state index contributed by atoms with van der Waals surface area (Å²) in [4.78, 5) is 15.4. The van der Waals surface area contributed by atoms with Crippen molar-refractivity contribution in [2.24, 2.45) is 0 Å². The van der Waals surface area contributed by atoms with Gasteiger partial charge in [-0.3, -0.25) is 0 Å². The van der Waals surface area contributed by atoms with Crippen molar-refractivity contribution in [2.75, 3.05) is 0 Å². The van der Waals surface area contributed by atoms with E-state index in [1.165, 1.54) is 10.6 Å². The van der Waals surface area contributed by atoms with Crippen LogP contribution >= 0.6 is 0 Å². The van der Waals surface area contributed by atoms with E-state index in [0.29, 0.717) is 22.3 Å². The van der Waals surface area contributed by atoms with E-state index in [2.05, 4.69) is 42.5 Å². The monoisotopic (exact) mass is 882 g/mol. The van der Waals surface area contributed by atoms with Crippen LogP contribution in [0.4, 0.5) is 0 Å². The second-order valence-corrected chi connectivity index (χ2v) is 16.1. The molecule has 10 aromatic carbocycles. The van der Waals surface area contributed by atoms with Crippen LogP contribution in [-0.4, -0.2) is 19.5 Å². The van der Waals surface area contributed by atoms with Crippen molar-refractivity contribution in [3.63, 3.8) is 0 Å². The van der Waals surface area contributed by atoms with Crippen LogP contribution in [0.2, 0.25) is 0 Å². The Morgan fingerprint density at radius 1 is 0.338 bits per heavy atom. The van der Waals surface area contributed by atoms with Crippen LogP contribution in [0.25, 0.3) is 128 Å². The Balaban J connectivity index is 1.06. The van der Waals surface area contributed by atoms with Gasteiger partial charge in [-0.05, 0) is 99.5 Å². The highest BCUT2D eigenvalue weighted by Crippen LogP contribution is 2.40. The molecule has 0 unspecified atom stereocenters. The second-order valence-electron chi connectivity index (χ2n) is 16.1. The number of hydrogen-bond donors (Lipinski definition) is 0. The minimum Gasteiger partial charge on any atom is -0.455 e. The normalized spacial score (nSPS) is 14.4. The Labute approximate surface area is 412 Å². The summed E-state index contributed by atoms with van der Waals surface area (Å²) in [6, 6.07) is 43.1. The number of rotatable bonds is 8. The Morgan fingerprint density at radius 3 is 1.59 bits per heavy atom. The number of nitrogens with zero attached hydrogens (tertiary/aromatic N) is 4. The number of aromatic nitrogens is 4. The zero-order valence-corrected chi connectivity index (χ0v) is 35.7. The van der Waals surface area contributed by atoms with Gasteiger partial charge in [0.1, 0.15) is 11.2 Å². The first-order valence-electron chi connectivity index (χ1n) is 28.8. The quantitative estimate of drug-likeness (QED) is 0.153. The third kappa shape index (κ3) is 6.84. The Bertz CT molecular complexity index is 4820. The molecular formula is C63H40N4O. The minimum atomic E-state index is -0.541. The molecule has 0 amide bonds. The molecule has 0 aliphatic heterocycles. The molecule has 0 saturated heterocycles. The number of fused-ring (bicyclic) bond motifs is 6. The molecule has 0 radical (unpaired) electrons. The van der Waals surface area contributed by atoms with E-state index in [4.69, 9.17) is 34.4 Å². The van der Waals surface area contributed by atoms with Gasteiger partial charge in [0.25, 0.3) is 0 Å². The van der Waals surface area contributed by atoms with Gasteiger partial charge in [0.05, 0.1) is 35.9 Å². The van der Waals surface area contributed by atoms with Crippen LogP contribution in [0.3, 0.4) is 0 Å². The summed E-state index contributed by atoms with van der Waals surface area (Å²) in [6.07, 6.45) is 0. The van der Waals surface area contributed by atoms with Crippen LogP contribution in [0.15, 0.2) is 247 Å². The molecule has 0 aliphatic carbocycles. The summed E-state index contributed by atoms with van der Waals surface area (Å²) < 4.78 is 132. The van der Waals surface area contributed by atoms with Crippen molar-refractivity contribution < 1.29 is 23.6 Å². The van der Waals surface area contributed by atoms with E-state index in [0.717, 1.165) is 33.4 Å². The van der Waals surface area contributed by atoms with Crippen LogP contribution in [-0.2, 0) is 0 Å². The van der Waals surface area contributed by atoms with Gasteiger partial charge < -0.3 is 8.98 Å². The zero-order valence-electron chi connectivity index (χ0n) is 49.7. The van der Waals surface area contributed by atoms with E-state index >= 15 is 0 Å². The fourth-order valence-electron chi connectivity index (χ4n) is 8.89. The molecule has 3 heterocycles. The van der Waals surface area contributed by atoms with Gasteiger partial charge in [-0.25, -0.2) is 15.0 Å². The molecule has 318 valence electrons.